The molecule has 36 heavy (non-hydrogen) atoms. The topological polar surface area (TPSA) is 59.8 Å². The van der Waals surface area contributed by atoms with Crippen molar-refractivity contribution in [2.75, 3.05) is 6.54 Å². The van der Waals surface area contributed by atoms with E-state index in [0.29, 0.717) is 29.0 Å². The van der Waals surface area contributed by atoms with Crippen LogP contribution in [-0.2, 0) is 7.05 Å². The minimum absolute atomic E-state index is 0.198. The van der Waals surface area contributed by atoms with Crippen LogP contribution in [0.1, 0.15) is 23.8 Å². The average molecular weight is 483 g/mol. The van der Waals surface area contributed by atoms with E-state index < -0.39 is 0 Å². The molecule has 0 aliphatic rings. The summed E-state index contributed by atoms with van der Waals surface area (Å²) in [5.74, 6) is -0.894. The number of hydrogen-bond acceptors (Lipinski definition) is 3. The first-order valence-corrected chi connectivity index (χ1v) is 11.7. The Labute approximate surface area is 207 Å². The molecule has 7 heteroatoms. The molecule has 0 saturated heterocycles. The Kier molecular flexibility index (Phi) is 6.29. The van der Waals surface area contributed by atoms with E-state index in [-0.39, 0.29) is 17.5 Å². The Morgan fingerprint density at radius 2 is 1.44 bits per heavy atom. The fourth-order valence-corrected chi connectivity index (χ4v) is 4.44. The second-order valence-electron chi connectivity index (χ2n) is 8.54. The molecule has 0 unspecified atom stereocenters. The fraction of sp³-hybridized carbons (Fsp3) is 0.138. The van der Waals surface area contributed by atoms with Gasteiger partial charge in [-0.25, -0.2) is 13.8 Å². The number of rotatable bonds is 6. The monoisotopic (exact) mass is 482 g/mol. The summed E-state index contributed by atoms with van der Waals surface area (Å²) < 4.78 is 29.5. The quantitative estimate of drug-likeness (QED) is 0.305. The van der Waals surface area contributed by atoms with E-state index in [0.717, 1.165) is 34.2 Å². The second-order valence-corrected chi connectivity index (χ2v) is 8.54. The van der Waals surface area contributed by atoms with E-state index in [9.17, 15) is 13.6 Å². The molecular formula is C29H24F2N4O. The van der Waals surface area contributed by atoms with Gasteiger partial charge in [-0.05, 0) is 72.1 Å². The highest BCUT2D eigenvalue weighted by Gasteiger charge is 2.24. The maximum Gasteiger partial charge on any atom is 0.267 e. The third-order valence-electron chi connectivity index (χ3n) is 6.16. The van der Waals surface area contributed by atoms with Crippen LogP contribution in [0.25, 0.3) is 44.5 Å². The second kappa shape index (κ2) is 9.70. The summed E-state index contributed by atoms with van der Waals surface area (Å²) in [5.41, 5.74) is 6.33. The molecule has 1 amide bonds. The Balaban J connectivity index is 1.91. The molecule has 0 radical (unpaired) electrons. The maximum absolute atomic E-state index is 13.9. The number of halogens is 2. The number of hydrogen-bond donors (Lipinski definition) is 1. The first-order chi connectivity index (χ1) is 17.5. The van der Waals surface area contributed by atoms with Gasteiger partial charge in [0, 0.05) is 42.7 Å². The van der Waals surface area contributed by atoms with Gasteiger partial charge in [-0.15, -0.1) is 0 Å². The molecule has 0 aliphatic carbocycles. The molecule has 0 spiro atoms. The number of amides is 1. The highest BCUT2D eigenvalue weighted by molar-refractivity contribution is 6.08. The summed E-state index contributed by atoms with van der Waals surface area (Å²) in [4.78, 5) is 22.1. The van der Waals surface area contributed by atoms with Gasteiger partial charge in [0.2, 0.25) is 0 Å². The standard InChI is InChI=1S/C29H24F2N4O/c1-3-14-33-29(36)24-17-23-28(35(24)2)26(18-4-8-21(30)9-5-18)25(19-12-15-32-16-13-19)27(34-23)20-6-10-22(31)11-7-20/h4-13,15-17H,3,14H2,1-2H3,(H,33,36). The van der Waals surface area contributed by atoms with Gasteiger partial charge >= 0.3 is 0 Å². The molecule has 0 fully saturated rings. The number of benzene rings is 2. The van der Waals surface area contributed by atoms with Crippen LogP contribution in [0, 0.1) is 11.6 Å². The molecule has 5 aromatic rings. The van der Waals surface area contributed by atoms with Crippen LogP contribution < -0.4 is 5.32 Å². The van der Waals surface area contributed by atoms with Crippen molar-refractivity contribution in [3.63, 3.8) is 0 Å². The lowest BCUT2D eigenvalue weighted by Gasteiger charge is -2.18. The van der Waals surface area contributed by atoms with E-state index in [4.69, 9.17) is 4.98 Å². The van der Waals surface area contributed by atoms with Crippen LogP contribution in [0.3, 0.4) is 0 Å². The number of aryl methyl sites for hydroxylation is 1. The summed E-state index contributed by atoms with van der Waals surface area (Å²) in [6.07, 6.45) is 4.20. The van der Waals surface area contributed by atoms with Gasteiger partial charge < -0.3 is 9.88 Å². The number of aromatic nitrogens is 3. The first kappa shape index (κ1) is 23.4. The zero-order valence-corrected chi connectivity index (χ0v) is 19.9. The Morgan fingerprint density at radius 1 is 0.861 bits per heavy atom. The van der Waals surface area contributed by atoms with Crippen LogP contribution >= 0.6 is 0 Å². The minimum atomic E-state index is -0.348. The highest BCUT2D eigenvalue weighted by atomic mass is 19.1. The van der Waals surface area contributed by atoms with Crippen molar-refractivity contribution in [1.82, 2.24) is 19.9 Å². The van der Waals surface area contributed by atoms with Crippen LogP contribution in [-0.4, -0.2) is 27.0 Å². The first-order valence-electron chi connectivity index (χ1n) is 11.7. The summed E-state index contributed by atoms with van der Waals surface area (Å²) in [7, 11) is 1.83. The van der Waals surface area contributed by atoms with Crippen molar-refractivity contribution < 1.29 is 13.6 Å². The zero-order valence-electron chi connectivity index (χ0n) is 19.9. The zero-order chi connectivity index (χ0) is 25.2. The van der Waals surface area contributed by atoms with Crippen LogP contribution in [0.5, 0.6) is 0 Å². The molecule has 0 saturated carbocycles. The Morgan fingerprint density at radius 3 is 2.06 bits per heavy atom. The van der Waals surface area contributed by atoms with Gasteiger partial charge in [0.15, 0.2) is 0 Å². The third-order valence-corrected chi connectivity index (χ3v) is 6.16. The smallest absolute Gasteiger partial charge is 0.267 e. The lowest BCUT2D eigenvalue weighted by molar-refractivity contribution is 0.0946. The summed E-state index contributed by atoms with van der Waals surface area (Å²) in [5, 5.41) is 2.93. The lowest BCUT2D eigenvalue weighted by atomic mass is 9.90. The van der Waals surface area contributed by atoms with Gasteiger partial charge in [-0.2, -0.15) is 0 Å². The van der Waals surface area contributed by atoms with Crippen molar-refractivity contribution in [2.45, 2.75) is 13.3 Å². The molecule has 3 aromatic heterocycles. The summed E-state index contributed by atoms with van der Waals surface area (Å²) >= 11 is 0. The van der Waals surface area contributed by atoms with Crippen LogP contribution in [0.15, 0.2) is 79.1 Å². The van der Waals surface area contributed by atoms with Gasteiger partial charge in [-0.1, -0.05) is 19.1 Å². The van der Waals surface area contributed by atoms with Gasteiger partial charge in [-0.3, -0.25) is 9.78 Å². The van der Waals surface area contributed by atoms with Crippen molar-refractivity contribution in [1.29, 1.82) is 0 Å². The molecule has 180 valence electrons. The van der Waals surface area contributed by atoms with E-state index in [2.05, 4.69) is 10.3 Å². The predicted octanol–water partition coefficient (Wildman–Crippen LogP) is 6.39. The molecule has 5 rings (SSSR count). The largest absolute Gasteiger partial charge is 0.351 e. The minimum Gasteiger partial charge on any atom is -0.351 e. The van der Waals surface area contributed by atoms with Crippen LogP contribution in [0.2, 0.25) is 0 Å². The van der Waals surface area contributed by atoms with Crippen molar-refractivity contribution in [3.8, 4) is 33.5 Å². The number of carbonyl (C=O) groups is 1. The van der Waals surface area contributed by atoms with Crippen LogP contribution in [0.4, 0.5) is 8.78 Å². The van der Waals surface area contributed by atoms with E-state index in [1.807, 2.05) is 30.7 Å². The molecule has 0 aliphatic heterocycles. The summed E-state index contributed by atoms with van der Waals surface area (Å²) in [6, 6.07) is 17.9. The van der Waals surface area contributed by atoms with E-state index in [1.54, 1.807) is 42.7 Å². The van der Waals surface area contributed by atoms with Gasteiger partial charge in [0.25, 0.3) is 5.91 Å². The third kappa shape index (κ3) is 4.24. The number of carbonyl (C=O) groups excluding carboxylic acids is 1. The number of fused-ring (bicyclic) bond motifs is 1. The molecule has 0 bridgehead atoms. The molecule has 5 nitrogen and oxygen atoms in total. The molecule has 1 N–H and O–H groups in total. The molecule has 3 heterocycles. The average Bonchev–Trinajstić information content (AvgIpc) is 3.24. The number of nitrogens with one attached hydrogen (secondary N) is 1. The van der Waals surface area contributed by atoms with E-state index in [1.165, 1.54) is 24.3 Å². The lowest BCUT2D eigenvalue weighted by Crippen LogP contribution is -2.25. The highest BCUT2D eigenvalue weighted by Crippen LogP contribution is 2.43. The van der Waals surface area contributed by atoms with Crippen molar-refractivity contribution >= 4 is 16.9 Å². The Bertz CT molecular complexity index is 1540. The molecule has 2 aromatic carbocycles. The normalized spacial score (nSPS) is 11.1. The van der Waals surface area contributed by atoms with E-state index >= 15 is 0 Å². The SMILES string of the molecule is CCCNC(=O)c1cc2nc(-c3ccc(F)cc3)c(-c3ccncc3)c(-c3ccc(F)cc3)c2n1C. The maximum atomic E-state index is 13.9. The summed E-state index contributed by atoms with van der Waals surface area (Å²) in [6.45, 7) is 2.55. The number of nitrogens with zero attached hydrogens (tertiary/aromatic N) is 3. The predicted molar refractivity (Wildman–Crippen MR) is 137 cm³/mol. The fourth-order valence-electron chi connectivity index (χ4n) is 4.44. The molecular weight excluding hydrogens is 458 g/mol. The van der Waals surface area contributed by atoms with Gasteiger partial charge in [0.05, 0.1) is 16.7 Å². The van der Waals surface area contributed by atoms with Gasteiger partial charge in [0.1, 0.15) is 17.3 Å². The molecule has 0 atom stereocenters. The van der Waals surface area contributed by atoms with Crippen molar-refractivity contribution in [2.24, 2.45) is 7.05 Å². The number of pyridine rings is 2. The Hall–Kier alpha value is -4.39. The van der Waals surface area contributed by atoms with Crippen molar-refractivity contribution in [3.05, 3.63) is 96.5 Å².